The van der Waals surface area contributed by atoms with Crippen molar-refractivity contribution >= 4 is 30.8 Å². The highest BCUT2D eigenvalue weighted by Gasteiger charge is 2.10. The van der Waals surface area contributed by atoms with Gasteiger partial charge >= 0.3 is 5.97 Å². The minimum atomic E-state index is -1.08. The van der Waals surface area contributed by atoms with E-state index in [-0.39, 0.29) is 37.8 Å². The zero-order chi connectivity index (χ0) is 9.56. The summed E-state index contributed by atoms with van der Waals surface area (Å²) in [5.41, 5.74) is 10.2. The predicted octanol–water partition coefficient (Wildman–Crippen LogP) is -0.770. The zero-order valence-corrected chi connectivity index (χ0v) is 8.88. The fraction of sp³-hybridized carbons (Fsp3) is 0.800. The van der Waals surface area contributed by atoms with Gasteiger partial charge in [-0.05, 0) is 11.6 Å². The van der Waals surface area contributed by atoms with Gasteiger partial charge in [-0.1, -0.05) is 0 Å². The van der Waals surface area contributed by atoms with Crippen LogP contribution in [0, 0.1) is 4.91 Å². The molecule has 0 aromatic heterocycles. The second kappa shape index (κ2) is 10.6. The summed E-state index contributed by atoms with van der Waals surface area (Å²) in [6.45, 7) is 0.250. The van der Waals surface area contributed by atoms with E-state index in [1.165, 1.54) is 0 Å². The molecule has 0 aliphatic rings. The molecule has 0 aromatic carbocycles. The molecule has 0 spiro atoms. The quantitative estimate of drug-likeness (QED) is 0.361. The average Bonchev–Trinajstić information content (AvgIpc) is 2.03. The van der Waals surface area contributed by atoms with Crippen molar-refractivity contribution in [3.05, 3.63) is 4.91 Å². The normalized spacial score (nSPS) is 13.0. The third kappa shape index (κ3) is 9.62. The highest BCUT2D eigenvalue weighted by molar-refractivity contribution is 5.85. The maximum absolute atomic E-state index is 10.2. The Hall–Kier alpha value is -0.470. The fourth-order valence-corrected chi connectivity index (χ4v) is 0.547. The van der Waals surface area contributed by atoms with Crippen molar-refractivity contribution in [2.45, 2.75) is 18.8 Å². The van der Waals surface area contributed by atoms with Crippen molar-refractivity contribution < 1.29 is 9.90 Å². The first-order valence-corrected chi connectivity index (χ1v) is 3.37. The molecule has 0 fully saturated rings. The van der Waals surface area contributed by atoms with E-state index in [0.717, 1.165) is 0 Å². The number of carboxylic acids is 1. The Balaban J connectivity index is -0.000000605. The van der Waals surface area contributed by atoms with Gasteiger partial charge in [0.15, 0.2) is 6.29 Å². The first-order valence-electron chi connectivity index (χ1n) is 3.37. The number of halogens is 2. The maximum Gasteiger partial charge on any atom is 0.320 e. The Labute approximate surface area is 93.4 Å². The summed E-state index contributed by atoms with van der Waals surface area (Å²) >= 11 is 0. The Kier molecular flexibility index (Phi) is 14.5. The fourth-order valence-electron chi connectivity index (χ4n) is 0.547. The number of hydrogen-bond donors (Lipinski definition) is 4. The van der Waals surface area contributed by atoms with Crippen LogP contribution in [0.1, 0.15) is 6.42 Å². The van der Waals surface area contributed by atoms with E-state index >= 15 is 0 Å². The predicted molar refractivity (Wildman–Crippen MR) is 56.5 cm³/mol. The molecule has 2 unspecified atom stereocenters. The third-order valence-electron chi connectivity index (χ3n) is 1.24. The molecule has 0 aliphatic carbocycles. The lowest BCUT2D eigenvalue weighted by molar-refractivity contribution is -0.138. The molecule has 2 atom stereocenters. The van der Waals surface area contributed by atoms with Crippen molar-refractivity contribution in [2.24, 2.45) is 16.6 Å². The number of nitroso groups, excluding NO2 is 1. The van der Waals surface area contributed by atoms with Gasteiger partial charge in [0.2, 0.25) is 0 Å². The highest BCUT2D eigenvalue weighted by atomic mass is 35.5. The number of carbonyl (C=O) groups is 1. The van der Waals surface area contributed by atoms with E-state index in [2.05, 4.69) is 10.5 Å². The summed E-state index contributed by atoms with van der Waals surface area (Å²) < 4.78 is 0. The van der Waals surface area contributed by atoms with Crippen LogP contribution < -0.4 is 16.8 Å². The summed E-state index contributed by atoms with van der Waals surface area (Å²) in [5, 5.41) is 13.3. The molecule has 86 valence electrons. The van der Waals surface area contributed by atoms with Gasteiger partial charge in [-0.3, -0.25) is 15.8 Å². The first-order chi connectivity index (χ1) is 5.57. The van der Waals surface area contributed by atoms with Crippen LogP contribution in [-0.4, -0.2) is 30.0 Å². The molecule has 0 radical (unpaired) electrons. The van der Waals surface area contributed by atoms with Crippen molar-refractivity contribution in [3.8, 4) is 0 Å². The smallest absolute Gasteiger partial charge is 0.320 e. The maximum atomic E-state index is 10.2. The summed E-state index contributed by atoms with van der Waals surface area (Å²) in [7, 11) is 0. The molecular formula is C5H14Cl2N4O3. The monoisotopic (exact) mass is 248 g/mol. The van der Waals surface area contributed by atoms with E-state index in [4.69, 9.17) is 16.6 Å². The number of aliphatic carboxylic acids is 1. The van der Waals surface area contributed by atoms with Gasteiger partial charge in [0.1, 0.15) is 6.04 Å². The standard InChI is InChI=1S/C5H12N4O3.2ClH/c6-3(4(10)11)1-2-8-5(7)9-12;;/h3,5,8H,1-2,6-7H2,(H,10,11);2*1H. The van der Waals surface area contributed by atoms with Gasteiger partial charge in [0.25, 0.3) is 0 Å². The lowest BCUT2D eigenvalue weighted by Gasteiger charge is -2.08. The van der Waals surface area contributed by atoms with Crippen LogP contribution in [0.4, 0.5) is 0 Å². The summed E-state index contributed by atoms with van der Waals surface area (Å²) in [4.78, 5) is 19.9. The van der Waals surface area contributed by atoms with E-state index < -0.39 is 18.3 Å². The van der Waals surface area contributed by atoms with E-state index in [1.807, 2.05) is 0 Å². The number of nitrogens with zero attached hydrogens (tertiary/aromatic N) is 1. The van der Waals surface area contributed by atoms with Crippen LogP contribution in [0.15, 0.2) is 5.18 Å². The Morgan fingerprint density at radius 1 is 1.43 bits per heavy atom. The molecule has 0 aromatic rings. The van der Waals surface area contributed by atoms with Gasteiger partial charge in [-0.2, -0.15) is 0 Å². The lowest BCUT2D eigenvalue weighted by atomic mass is 10.2. The third-order valence-corrected chi connectivity index (χ3v) is 1.24. The molecule has 0 amide bonds. The average molecular weight is 249 g/mol. The van der Waals surface area contributed by atoms with Gasteiger partial charge in [-0.15, -0.1) is 29.7 Å². The molecule has 14 heavy (non-hydrogen) atoms. The van der Waals surface area contributed by atoms with Crippen molar-refractivity contribution in [3.63, 3.8) is 0 Å². The molecule has 9 heteroatoms. The largest absolute Gasteiger partial charge is 0.480 e. The van der Waals surface area contributed by atoms with Crippen LogP contribution in [-0.2, 0) is 4.79 Å². The number of carboxylic acid groups (broad SMARTS) is 1. The minimum Gasteiger partial charge on any atom is -0.480 e. The zero-order valence-electron chi connectivity index (χ0n) is 7.25. The number of rotatable bonds is 6. The number of nitrogens with two attached hydrogens (primary N) is 2. The molecule has 7 nitrogen and oxygen atoms in total. The van der Waals surface area contributed by atoms with Gasteiger partial charge in [0.05, 0.1) is 0 Å². The van der Waals surface area contributed by atoms with Crippen molar-refractivity contribution in [2.75, 3.05) is 6.54 Å². The lowest BCUT2D eigenvalue weighted by Crippen LogP contribution is -2.39. The van der Waals surface area contributed by atoms with Crippen LogP contribution in [0.25, 0.3) is 0 Å². The number of hydrogen-bond acceptors (Lipinski definition) is 6. The van der Waals surface area contributed by atoms with Crippen LogP contribution in [0.5, 0.6) is 0 Å². The van der Waals surface area contributed by atoms with Crippen LogP contribution in [0.3, 0.4) is 0 Å². The number of nitrogens with one attached hydrogen (secondary N) is 1. The molecule has 0 heterocycles. The molecule has 0 saturated carbocycles. The van der Waals surface area contributed by atoms with Crippen LogP contribution in [0.2, 0.25) is 0 Å². The summed E-state index contributed by atoms with van der Waals surface area (Å²) in [6, 6.07) is -0.934. The summed E-state index contributed by atoms with van der Waals surface area (Å²) in [5.74, 6) is -1.08. The molecule has 0 rings (SSSR count). The van der Waals surface area contributed by atoms with Crippen molar-refractivity contribution in [1.82, 2.24) is 5.32 Å². The van der Waals surface area contributed by atoms with E-state index in [0.29, 0.717) is 0 Å². The van der Waals surface area contributed by atoms with Gasteiger partial charge in [-0.25, -0.2) is 0 Å². The van der Waals surface area contributed by atoms with Gasteiger partial charge < -0.3 is 10.8 Å². The molecule has 6 N–H and O–H groups in total. The van der Waals surface area contributed by atoms with Crippen molar-refractivity contribution in [1.29, 1.82) is 0 Å². The van der Waals surface area contributed by atoms with Crippen LogP contribution >= 0.6 is 24.8 Å². The Bertz CT molecular complexity index is 171. The second-order valence-corrected chi connectivity index (χ2v) is 2.24. The molecule has 0 saturated heterocycles. The minimum absolute atomic E-state index is 0. The molecule has 0 bridgehead atoms. The van der Waals surface area contributed by atoms with Gasteiger partial charge in [0, 0.05) is 6.54 Å². The Morgan fingerprint density at radius 2 is 1.93 bits per heavy atom. The topological polar surface area (TPSA) is 131 Å². The SMILES string of the molecule is Cl.Cl.NC(N=O)NCCC(N)C(=O)O. The second-order valence-electron chi connectivity index (χ2n) is 2.24. The summed E-state index contributed by atoms with van der Waals surface area (Å²) in [6.07, 6.45) is -0.788. The highest BCUT2D eigenvalue weighted by Crippen LogP contribution is 1.86. The Morgan fingerprint density at radius 3 is 2.29 bits per heavy atom. The molecule has 0 aliphatic heterocycles. The first kappa shape index (κ1) is 19.2. The van der Waals surface area contributed by atoms with E-state index in [1.54, 1.807) is 0 Å². The molecular weight excluding hydrogens is 235 g/mol. The van der Waals surface area contributed by atoms with E-state index in [9.17, 15) is 9.70 Å².